The summed E-state index contributed by atoms with van der Waals surface area (Å²) in [5, 5.41) is 13.2. The lowest BCUT2D eigenvalue weighted by Crippen LogP contribution is -2.24. The fourth-order valence-electron chi connectivity index (χ4n) is 2.12. The number of nitrogens with one attached hydrogen (secondary N) is 2. The largest absolute Gasteiger partial charge is 0.322 e. The summed E-state index contributed by atoms with van der Waals surface area (Å²) >= 11 is 0. The number of nitro groups is 1. The minimum absolute atomic E-state index is 0.105. The van der Waals surface area contributed by atoms with E-state index in [0.29, 0.717) is 12.2 Å². The Bertz CT molecular complexity index is 878. The molecule has 26 heavy (non-hydrogen) atoms. The second kappa shape index (κ2) is 8.54. The summed E-state index contributed by atoms with van der Waals surface area (Å²) in [5.74, 6) is -0.448. The third kappa shape index (κ3) is 5.11. The first-order valence-corrected chi connectivity index (χ1v) is 9.47. The highest BCUT2D eigenvalue weighted by Gasteiger charge is 2.14. The second-order valence-corrected chi connectivity index (χ2v) is 7.30. The molecule has 0 aliphatic rings. The number of anilines is 1. The van der Waals surface area contributed by atoms with E-state index >= 15 is 0 Å². The van der Waals surface area contributed by atoms with Crippen LogP contribution in [0.25, 0.3) is 0 Å². The molecule has 9 heteroatoms. The van der Waals surface area contributed by atoms with Crippen molar-refractivity contribution in [3.05, 3.63) is 64.2 Å². The molecule has 0 bridgehead atoms. The van der Waals surface area contributed by atoms with Crippen LogP contribution in [-0.2, 0) is 10.0 Å². The van der Waals surface area contributed by atoms with Crippen molar-refractivity contribution in [2.75, 3.05) is 11.9 Å². The summed E-state index contributed by atoms with van der Waals surface area (Å²) in [4.78, 5) is 22.3. The van der Waals surface area contributed by atoms with E-state index in [9.17, 15) is 23.3 Å². The molecule has 0 aromatic heterocycles. The first kappa shape index (κ1) is 19.5. The Balaban J connectivity index is 2.04. The fourth-order valence-corrected chi connectivity index (χ4v) is 3.20. The molecule has 2 rings (SSSR count). The molecule has 0 atom stereocenters. The first-order valence-electron chi connectivity index (χ1n) is 7.99. The summed E-state index contributed by atoms with van der Waals surface area (Å²) < 4.78 is 26.7. The van der Waals surface area contributed by atoms with Crippen LogP contribution in [-0.4, -0.2) is 25.8 Å². The average molecular weight is 377 g/mol. The first-order chi connectivity index (χ1) is 12.3. The lowest BCUT2D eigenvalue weighted by atomic mass is 10.2. The number of carbonyl (C=O) groups excluding carboxylic acids is 1. The van der Waals surface area contributed by atoms with E-state index in [4.69, 9.17) is 0 Å². The van der Waals surface area contributed by atoms with E-state index < -0.39 is 20.9 Å². The number of sulfonamides is 1. The summed E-state index contributed by atoms with van der Waals surface area (Å²) in [6.45, 7) is 2.34. The Morgan fingerprint density at radius 1 is 1.08 bits per heavy atom. The summed E-state index contributed by atoms with van der Waals surface area (Å²) in [6.07, 6.45) is 1.64. The third-order valence-corrected chi connectivity index (χ3v) is 5.06. The summed E-state index contributed by atoms with van der Waals surface area (Å²) in [5.41, 5.74) is 0.570. The SMILES string of the molecule is CCCCNS(=O)(=O)c1ccc(NC(=O)c2ccc([N+](=O)[O-])cc2)cc1. The zero-order chi connectivity index (χ0) is 19.2. The van der Waals surface area contributed by atoms with Gasteiger partial charge in [-0.1, -0.05) is 13.3 Å². The van der Waals surface area contributed by atoms with Crippen LogP contribution in [0.5, 0.6) is 0 Å². The number of unbranched alkanes of at least 4 members (excludes halogenated alkanes) is 1. The van der Waals surface area contributed by atoms with Gasteiger partial charge in [-0.3, -0.25) is 14.9 Å². The Labute approximate surface area is 151 Å². The molecule has 0 fully saturated rings. The second-order valence-electron chi connectivity index (χ2n) is 5.53. The summed E-state index contributed by atoms with van der Waals surface area (Å²) in [7, 11) is -3.57. The van der Waals surface area contributed by atoms with Crippen LogP contribution < -0.4 is 10.0 Å². The van der Waals surface area contributed by atoms with E-state index in [-0.39, 0.29) is 16.1 Å². The number of nitro benzene ring substituents is 1. The minimum Gasteiger partial charge on any atom is -0.322 e. The maximum atomic E-state index is 12.1. The molecule has 2 N–H and O–H groups in total. The molecule has 0 unspecified atom stereocenters. The predicted octanol–water partition coefficient (Wildman–Crippen LogP) is 2.93. The van der Waals surface area contributed by atoms with E-state index in [0.717, 1.165) is 12.8 Å². The molecule has 8 nitrogen and oxygen atoms in total. The van der Waals surface area contributed by atoms with Gasteiger partial charge in [0, 0.05) is 29.9 Å². The van der Waals surface area contributed by atoms with E-state index in [2.05, 4.69) is 10.0 Å². The summed E-state index contributed by atoms with van der Waals surface area (Å²) in [6, 6.07) is 11.0. The highest BCUT2D eigenvalue weighted by atomic mass is 32.2. The van der Waals surface area contributed by atoms with Gasteiger partial charge in [0.05, 0.1) is 9.82 Å². The monoisotopic (exact) mass is 377 g/mol. The van der Waals surface area contributed by atoms with Crippen molar-refractivity contribution in [1.82, 2.24) is 4.72 Å². The maximum absolute atomic E-state index is 12.1. The van der Waals surface area contributed by atoms with Crippen molar-refractivity contribution in [3.63, 3.8) is 0 Å². The number of nitrogens with zero attached hydrogens (tertiary/aromatic N) is 1. The van der Waals surface area contributed by atoms with Gasteiger partial charge >= 0.3 is 0 Å². The van der Waals surface area contributed by atoms with Crippen molar-refractivity contribution in [3.8, 4) is 0 Å². The van der Waals surface area contributed by atoms with Crippen molar-refractivity contribution in [2.24, 2.45) is 0 Å². The number of hydrogen-bond acceptors (Lipinski definition) is 5. The number of carbonyl (C=O) groups is 1. The van der Waals surface area contributed by atoms with Gasteiger partial charge in [-0.25, -0.2) is 13.1 Å². The van der Waals surface area contributed by atoms with Crippen LogP contribution >= 0.6 is 0 Å². The van der Waals surface area contributed by atoms with Crippen LogP contribution in [0.3, 0.4) is 0 Å². The Hall–Kier alpha value is -2.78. The van der Waals surface area contributed by atoms with E-state index in [1.54, 1.807) is 0 Å². The van der Waals surface area contributed by atoms with Gasteiger partial charge in [-0.15, -0.1) is 0 Å². The van der Waals surface area contributed by atoms with Gasteiger partial charge in [0.1, 0.15) is 0 Å². The van der Waals surface area contributed by atoms with Crippen LogP contribution in [0.1, 0.15) is 30.1 Å². The number of non-ortho nitro benzene ring substituents is 1. The quantitative estimate of drug-likeness (QED) is 0.416. The molecule has 2 aromatic carbocycles. The number of benzene rings is 2. The van der Waals surface area contributed by atoms with Gasteiger partial charge in [0.25, 0.3) is 11.6 Å². The lowest BCUT2D eigenvalue weighted by Gasteiger charge is -2.08. The zero-order valence-corrected chi connectivity index (χ0v) is 15.0. The number of hydrogen-bond donors (Lipinski definition) is 2. The molecule has 0 aliphatic heterocycles. The number of rotatable bonds is 8. The van der Waals surface area contributed by atoms with Crippen molar-refractivity contribution < 1.29 is 18.1 Å². The highest BCUT2D eigenvalue weighted by Crippen LogP contribution is 2.16. The zero-order valence-electron chi connectivity index (χ0n) is 14.1. The Morgan fingerprint density at radius 2 is 1.69 bits per heavy atom. The molecule has 138 valence electrons. The molecule has 1 amide bonds. The highest BCUT2D eigenvalue weighted by molar-refractivity contribution is 7.89. The molecule has 0 spiro atoms. The van der Waals surface area contributed by atoms with Crippen LogP contribution in [0.4, 0.5) is 11.4 Å². The lowest BCUT2D eigenvalue weighted by molar-refractivity contribution is -0.384. The predicted molar refractivity (Wildman–Crippen MR) is 97.6 cm³/mol. The van der Waals surface area contributed by atoms with Gasteiger partial charge in [-0.2, -0.15) is 0 Å². The van der Waals surface area contributed by atoms with E-state index in [1.807, 2.05) is 6.92 Å². The van der Waals surface area contributed by atoms with Crippen LogP contribution in [0.2, 0.25) is 0 Å². The van der Waals surface area contributed by atoms with Gasteiger partial charge in [-0.05, 0) is 42.8 Å². The van der Waals surface area contributed by atoms with Crippen LogP contribution in [0.15, 0.2) is 53.4 Å². The topological polar surface area (TPSA) is 118 Å². The average Bonchev–Trinajstić information content (AvgIpc) is 2.62. The fraction of sp³-hybridized carbons (Fsp3) is 0.235. The van der Waals surface area contributed by atoms with Gasteiger partial charge in [0.15, 0.2) is 0 Å². The number of amides is 1. The molecule has 2 aromatic rings. The van der Waals surface area contributed by atoms with Crippen molar-refractivity contribution in [1.29, 1.82) is 0 Å². The van der Waals surface area contributed by atoms with Crippen LogP contribution in [0, 0.1) is 10.1 Å². The normalized spacial score (nSPS) is 11.1. The Morgan fingerprint density at radius 3 is 2.23 bits per heavy atom. The molecule has 0 aliphatic carbocycles. The molecule has 0 saturated heterocycles. The molecular formula is C17H19N3O5S. The van der Waals surface area contributed by atoms with Crippen molar-refractivity contribution >= 4 is 27.3 Å². The molecular weight excluding hydrogens is 358 g/mol. The minimum atomic E-state index is -3.57. The van der Waals surface area contributed by atoms with E-state index in [1.165, 1.54) is 48.5 Å². The third-order valence-electron chi connectivity index (χ3n) is 3.59. The van der Waals surface area contributed by atoms with Crippen molar-refractivity contribution in [2.45, 2.75) is 24.7 Å². The molecule has 0 radical (unpaired) electrons. The molecule has 0 heterocycles. The molecule has 0 saturated carbocycles. The smallest absolute Gasteiger partial charge is 0.269 e. The Kier molecular flexibility index (Phi) is 6.42. The van der Waals surface area contributed by atoms with Gasteiger partial charge in [0.2, 0.25) is 10.0 Å². The maximum Gasteiger partial charge on any atom is 0.269 e. The van der Waals surface area contributed by atoms with Gasteiger partial charge < -0.3 is 5.32 Å². The standard InChI is InChI=1S/C17H19N3O5S/c1-2-3-12-18-26(24,25)16-10-6-14(7-11-16)19-17(21)13-4-8-15(9-5-13)20(22)23/h4-11,18H,2-3,12H2,1H3,(H,19,21).